The number of hydrogen-bond acceptors (Lipinski definition) is 4. The summed E-state index contributed by atoms with van der Waals surface area (Å²) in [5.74, 6) is 0.307. The molecule has 88 valence electrons. The number of rotatable bonds is 3. The van der Waals surface area contributed by atoms with Gasteiger partial charge in [0.15, 0.2) is 0 Å². The van der Waals surface area contributed by atoms with Gasteiger partial charge in [-0.2, -0.15) is 0 Å². The smallest absolute Gasteiger partial charge is 0.224 e. The second-order valence-corrected chi connectivity index (χ2v) is 5.06. The fraction of sp³-hybridized carbons (Fsp3) is 0.636. The lowest BCUT2D eigenvalue weighted by atomic mass is 9.99. The normalized spacial score (nSPS) is 20.7. The van der Waals surface area contributed by atoms with Crippen molar-refractivity contribution in [3.8, 4) is 0 Å². The van der Waals surface area contributed by atoms with Crippen molar-refractivity contribution in [2.75, 3.05) is 13.1 Å². The van der Waals surface area contributed by atoms with E-state index < -0.39 is 0 Å². The molecule has 2 rings (SSSR count). The second kappa shape index (κ2) is 5.41. The molecule has 0 aliphatic carbocycles. The lowest BCUT2D eigenvalue weighted by Crippen LogP contribution is -2.40. The first-order valence-corrected chi connectivity index (χ1v) is 6.52. The monoisotopic (exact) mass is 239 g/mol. The van der Waals surface area contributed by atoms with Gasteiger partial charge in [-0.1, -0.05) is 0 Å². The van der Waals surface area contributed by atoms with Gasteiger partial charge in [0.1, 0.15) is 0 Å². The van der Waals surface area contributed by atoms with Crippen LogP contribution in [0.2, 0.25) is 0 Å². The first-order chi connectivity index (χ1) is 7.77. The maximum atomic E-state index is 11.8. The molecule has 1 fully saturated rings. The summed E-state index contributed by atoms with van der Waals surface area (Å²) in [5, 5.41) is 6.24. The first-order valence-electron chi connectivity index (χ1n) is 5.65. The molecule has 5 heteroatoms. The van der Waals surface area contributed by atoms with Crippen molar-refractivity contribution < 1.29 is 4.79 Å². The Balaban J connectivity index is 1.81. The van der Waals surface area contributed by atoms with Crippen molar-refractivity contribution in [2.45, 2.75) is 26.3 Å². The minimum atomic E-state index is 0.141. The molecule has 1 aliphatic rings. The highest BCUT2D eigenvalue weighted by Crippen LogP contribution is 2.13. The Morgan fingerprint density at radius 1 is 1.75 bits per heavy atom. The zero-order valence-electron chi connectivity index (χ0n) is 9.45. The van der Waals surface area contributed by atoms with Gasteiger partial charge >= 0.3 is 0 Å². The molecule has 2 heterocycles. The second-order valence-electron chi connectivity index (χ2n) is 4.12. The van der Waals surface area contributed by atoms with Crippen LogP contribution in [0.15, 0.2) is 5.51 Å². The van der Waals surface area contributed by atoms with E-state index in [0.717, 1.165) is 36.5 Å². The Bertz CT molecular complexity index is 358. The number of carbonyl (C=O) groups is 1. The van der Waals surface area contributed by atoms with E-state index >= 15 is 0 Å². The Labute approximate surface area is 99.5 Å². The molecule has 0 saturated carbocycles. The topological polar surface area (TPSA) is 54.0 Å². The zero-order valence-corrected chi connectivity index (χ0v) is 10.3. The third-order valence-corrected chi connectivity index (χ3v) is 3.87. The van der Waals surface area contributed by atoms with Crippen molar-refractivity contribution in [3.05, 3.63) is 16.1 Å². The molecule has 4 nitrogen and oxygen atoms in total. The molecule has 1 aromatic rings. The van der Waals surface area contributed by atoms with E-state index in [2.05, 4.69) is 15.6 Å². The summed E-state index contributed by atoms with van der Waals surface area (Å²) in [6.45, 7) is 4.44. The Morgan fingerprint density at radius 3 is 3.25 bits per heavy atom. The van der Waals surface area contributed by atoms with Gasteiger partial charge < -0.3 is 10.6 Å². The highest BCUT2D eigenvalue weighted by atomic mass is 32.1. The summed E-state index contributed by atoms with van der Waals surface area (Å²) in [6, 6.07) is 0. The van der Waals surface area contributed by atoms with Crippen LogP contribution in [0.4, 0.5) is 0 Å². The van der Waals surface area contributed by atoms with Gasteiger partial charge in [0, 0.05) is 11.4 Å². The average molecular weight is 239 g/mol. The van der Waals surface area contributed by atoms with Gasteiger partial charge in [-0.05, 0) is 26.3 Å². The maximum Gasteiger partial charge on any atom is 0.224 e. The van der Waals surface area contributed by atoms with Crippen LogP contribution in [0, 0.1) is 12.8 Å². The molecule has 1 aliphatic heterocycles. The third-order valence-electron chi connectivity index (χ3n) is 2.94. The lowest BCUT2D eigenvalue weighted by Gasteiger charge is -2.21. The van der Waals surface area contributed by atoms with Crippen molar-refractivity contribution in [2.24, 2.45) is 5.92 Å². The number of amides is 1. The number of aryl methyl sites for hydroxylation is 1. The van der Waals surface area contributed by atoms with Gasteiger partial charge in [-0.15, -0.1) is 11.3 Å². The highest BCUT2D eigenvalue weighted by Gasteiger charge is 2.20. The summed E-state index contributed by atoms with van der Waals surface area (Å²) in [4.78, 5) is 17.1. The molecular formula is C11H17N3OS. The number of piperidine rings is 1. The molecule has 1 atom stereocenters. The van der Waals surface area contributed by atoms with Gasteiger partial charge in [0.2, 0.25) is 5.91 Å². The molecule has 1 aromatic heterocycles. The van der Waals surface area contributed by atoms with E-state index in [1.54, 1.807) is 11.3 Å². The van der Waals surface area contributed by atoms with Crippen molar-refractivity contribution >= 4 is 17.2 Å². The summed E-state index contributed by atoms with van der Waals surface area (Å²) in [5.41, 5.74) is 2.84. The third kappa shape index (κ3) is 2.80. The standard InChI is InChI=1S/C11H17N3OS/c1-8-10(16-7-14-8)6-13-11(15)9-3-2-4-12-5-9/h7,9,12H,2-6H2,1H3,(H,13,15)/t9-/m0/s1. The Hall–Kier alpha value is -0.940. The Morgan fingerprint density at radius 2 is 2.62 bits per heavy atom. The first kappa shape index (κ1) is 11.5. The Kier molecular flexibility index (Phi) is 3.90. The number of aromatic nitrogens is 1. The fourth-order valence-electron chi connectivity index (χ4n) is 1.88. The zero-order chi connectivity index (χ0) is 11.4. The van der Waals surface area contributed by atoms with Crippen LogP contribution in [-0.2, 0) is 11.3 Å². The number of thiazole rings is 1. The predicted octanol–water partition coefficient (Wildman–Crippen LogP) is 1.07. The van der Waals surface area contributed by atoms with Crippen molar-refractivity contribution in [1.29, 1.82) is 0 Å². The molecule has 0 bridgehead atoms. The SMILES string of the molecule is Cc1ncsc1CNC(=O)[C@H]1CCCNC1. The van der Waals surface area contributed by atoms with Crippen LogP contribution < -0.4 is 10.6 Å². The van der Waals surface area contributed by atoms with E-state index in [0.29, 0.717) is 6.54 Å². The van der Waals surface area contributed by atoms with E-state index in [9.17, 15) is 4.79 Å². The summed E-state index contributed by atoms with van der Waals surface area (Å²) in [7, 11) is 0. The van der Waals surface area contributed by atoms with E-state index in [4.69, 9.17) is 0 Å². The summed E-state index contributed by atoms with van der Waals surface area (Å²) in [6.07, 6.45) is 2.10. The molecule has 16 heavy (non-hydrogen) atoms. The van der Waals surface area contributed by atoms with Crippen LogP contribution in [0.25, 0.3) is 0 Å². The van der Waals surface area contributed by atoms with Crippen LogP contribution in [0.3, 0.4) is 0 Å². The summed E-state index contributed by atoms with van der Waals surface area (Å²) >= 11 is 1.60. The van der Waals surface area contributed by atoms with Crippen LogP contribution in [0.1, 0.15) is 23.4 Å². The van der Waals surface area contributed by atoms with E-state index in [-0.39, 0.29) is 11.8 Å². The molecule has 0 unspecified atom stereocenters. The minimum Gasteiger partial charge on any atom is -0.351 e. The van der Waals surface area contributed by atoms with Crippen LogP contribution in [0.5, 0.6) is 0 Å². The number of hydrogen-bond donors (Lipinski definition) is 2. The average Bonchev–Trinajstić information content (AvgIpc) is 2.73. The van der Waals surface area contributed by atoms with Crippen LogP contribution >= 0.6 is 11.3 Å². The van der Waals surface area contributed by atoms with Crippen LogP contribution in [-0.4, -0.2) is 24.0 Å². The summed E-state index contributed by atoms with van der Waals surface area (Å²) < 4.78 is 0. The quantitative estimate of drug-likeness (QED) is 0.829. The van der Waals surface area contributed by atoms with E-state index in [1.807, 2.05) is 12.4 Å². The molecular weight excluding hydrogens is 222 g/mol. The van der Waals surface area contributed by atoms with Gasteiger partial charge in [0.25, 0.3) is 0 Å². The maximum absolute atomic E-state index is 11.8. The van der Waals surface area contributed by atoms with Gasteiger partial charge in [0.05, 0.1) is 23.7 Å². The van der Waals surface area contributed by atoms with Gasteiger partial charge in [-0.25, -0.2) is 4.98 Å². The number of carbonyl (C=O) groups excluding carboxylic acids is 1. The van der Waals surface area contributed by atoms with E-state index in [1.165, 1.54) is 0 Å². The molecule has 1 saturated heterocycles. The largest absolute Gasteiger partial charge is 0.351 e. The number of nitrogens with zero attached hydrogens (tertiary/aromatic N) is 1. The molecule has 2 N–H and O–H groups in total. The van der Waals surface area contributed by atoms with Crippen molar-refractivity contribution in [1.82, 2.24) is 15.6 Å². The van der Waals surface area contributed by atoms with Gasteiger partial charge in [-0.3, -0.25) is 4.79 Å². The minimum absolute atomic E-state index is 0.141. The molecule has 0 spiro atoms. The molecule has 0 aromatic carbocycles. The molecule has 1 amide bonds. The molecule has 0 radical (unpaired) electrons. The van der Waals surface area contributed by atoms with Crippen molar-refractivity contribution in [3.63, 3.8) is 0 Å². The predicted molar refractivity (Wildman–Crippen MR) is 64.3 cm³/mol. The number of nitrogens with one attached hydrogen (secondary N) is 2. The highest BCUT2D eigenvalue weighted by molar-refractivity contribution is 7.09. The fourth-order valence-corrected chi connectivity index (χ4v) is 2.60. The lowest BCUT2D eigenvalue weighted by molar-refractivity contribution is -0.125.